The average molecular weight is 165 g/mol. The van der Waals surface area contributed by atoms with Crippen molar-refractivity contribution in [2.24, 2.45) is 0 Å². The molecule has 0 spiro atoms. The maximum atomic E-state index is 10.5. The third-order valence-electron chi connectivity index (χ3n) is 1.94. The van der Waals surface area contributed by atoms with E-state index >= 15 is 0 Å². The zero-order valence-corrected chi connectivity index (χ0v) is 7.20. The maximum Gasteiger partial charge on any atom is 0.272 e. The summed E-state index contributed by atoms with van der Waals surface area (Å²) < 4.78 is 0. The second-order valence-electron chi connectivity index (χ2n) is 2.68. The van der Waals surface area contributed by atoms with Gasteiger partial charge < -0.3 is 0 Å². The second-order valence-corrected chi connectivity index (χ2v) is 2.68. The first-order valence-electron chi connectivity index (χ1n) is 3.89. The molecule has 0 aliphatic heterocycles. The van der Waals surface area contributed by atoms with Gasteiger partial charge in [-0.2, -0.15) is 0 Å². The number of hydrogen-bond acceptors (Lipinski definition) is 2. The molecule has 0 aliphatic carbocycles. The number of nitro groups is 1. The van der Waals surface area contributed by atoms with Crippen LogP contribution in [0.4, 0.5) is 5.69 Å². The van der Waals surface area contributed by atoms with Gasteiger partial charge in [0.2, 0.25) is 0 Å². The van der Waals surface area contributed by atoms with Crippen LogP contribution in [0, 0.1) is 17.0 Å². The molecule has 0 aromatic heterocycles. The highest BCUT2D eigenvalue weighted by Gasteiger charge is 2.12. The molecule has 0 aliphatic rings. The van der Waals surface area contributed by atoms with Crippen molar-refractivity contribution in [1.82, 2.24) is 0 Å². The molecular formula is C9H11NO2. The molecule has 1 aromatic rings. The molecule has 0 heterocycles. The van der Waals surface area contributed by atoms with Crippen LogP contribution >= 0.6 is 0 Å². The fourth-order valence-electron chi connectivity index (χ4n) is 1.32. The van der Waals surface area contributed by atoms with E-state index in [1.165, 1.54) is 0 Å². The number of nitrogens with zero attached hydrogens (tertiary/aromatic N) is 1. The minimum Gasteiger partial charge on any atom is -0.258 e. The van der Waals surface area contributed by atoms with Crippen molar-refractivity contribution >= 4 is 5.69 Å². The van der Waals surface area contributed by atoms with Crippen LogP contribution in [0.25, 0.3) is 0 Å². The average Bonchev–Trinajstić information content (AvgIpc) is 2.03. The predicted molar refractivity (Wildman–Crippen MR) is 47.2 cm³/mol. The molecule has 1 aromatic carbocycles. The Morgan fingerprint density at radius 1 is 1.50 bits per heavy atom. The summed E-state index contributed by atoms with van der Waals surface area (Å²) >= 11 is 0. The molecule has 64 valence electrons. The van der Waals surface area contributed by atoms with E-state index in [2.05, 4.69) is 0 Å². The van der Waals surface area contributed by atoms with Crippen LogP contribution in [-0.2, 0) is 6.42 Å². The van der Waals surface area contributed by atoms with Gasteiger partial charge in [0.05, 0.1) is 4.92 Å². The molecule has 0 unspecified atom stereocenters. The van der Waals surface area contributed by atoms with Crippen molar-refractivity contribution in [2.75, 3.05) is 0 Å². The Bertz CT molecular complexity index is 307. The third kappa shape index (κ3) is 1.44. The predicted octanol–water partition coefficient (Wildman–Crippen LogP) is 2.47. The standard InChI is InChI=1S/C9H11NO2/c1-3-8-7(2)5-4-6-9(8)10(11)12/h4-6H,3H2,1-2H3. The fraction of sp³-hybridized carbons (Fsp3) is 0.333. The Morgan fingerprint density at radius 2 is 2.17 bits per heavy atom. The van der Waals surface area contributed by atoms with E-state index in [0.29, 0.717) is 6.42 Å². The number of rotatable bonds is 2. The lowest BCUT2D eigenvalue weighted by Crippen LogP contribution is -1.96. The van der Waals surface area contributed by atoms with Crippen molar-refractivity contribution in [3.05, 3.63) is 39.4 Å². The molecule has 3 heteroatoms. The minimum absolute atomic E-state index is 0.234. The minimum atomic E-state index is -0.328. The first-order chi connectivity index (χ1) is 5.66. The van der Waals surface area contributed by atoms with Gasteiger partial charge in [-0.25, -0.2) is 0 Å². The lowest BCUT2D eigenvalue weighted by molar-refractivity contribution is -0.385. The summed E-state index contributed by atoms with van der Waals surface area (Å²) in [5.74, 6) is 0. The summed E-state index contributed by atoms with van der Waals surface area (Å²) in [6.45, 7) is 3.82. The molecule has 0 fully saturated rings. The molecule has 12 heavy (non-hydrogen) atoms. The van der Waals surface area contributed by atoms with Crippen molar-refractivity contribution in [3.63, 3.8) is 0 Å². The van der Waals surface area contributed by atoms with Gasteiger partial charge >= 0.3 is 0 Å². The highest BCUT2D eigenvalue weighted by Crippen LogP contribution is 2.21. The van der Waals surface area contributed by atoms with Gasteiger partial charge in [0.15, 0.2) is 0 Å². The van der Waals surface area contributed by atoms with Gasteiger partial charge in [0, 0.05) is 11.6 Å². The summed E-state index contributed by atoms with van der Waals surface area (Å²) in [4.78, 5) is 10.2. The number of benzene rings is 1. The molecule has 0 radical (unpaired) electrons. The van der Waals surface area contributed by atoms with Crippen molar-refractivity contribution in [2.45, 2.75) is 20.3 Å². The van der Waals surface area contributed by atoms with E-state index in [9.17, 15) is 10.1 Å². The molecule has 0 saturated carbocycles. The molecule has 0 amide bonds. The van der Waals surface area contributed by atoms with E-state index in [0.717, 1.165) is 11.1 Å². The monoisotopic (exact) mass is 165 g/mol. The van der Waals surface area contributed by atoms with Crippen molar-refractivity contribution < 1.29 is 4.92 Å². The SMILES string of the molecule is CCc1c(C)cccc1[N+](=O)[O-]. The van der Waals surface area contributed by atoms with Gasteiger partial charge in [0.1, 0.15) is 0 Å². The molecular weight excluding hydrogens is 154 g/mol. The summed E-state index contributed by atoms with van der Waals surface area (Å²) in [6.07, 6.45) is 0.711. The van der Waals surface area contributed by atoms with Crippen LogP contribution in [0.1, 0.15) is 18.1 Å². The van der Waals surface area contributed by atoms with E-state index in [4.69, 9.17) is 0 Å². The second kappa shape index (κ2) is 3.34. The van der Waals surface area contributed by atoms with Crippen LogP contribution in [-0.4, -0.2) is 4.92 Å². The van der Waals surface area contributed by atoms with E-state index < -0.39 is 0 Å². The van der Waals surface area contributed by atoms with Gasteiger partial charge in [0.25, 0.3) is 5.69 Å². The Hall–Kier alpha value is -1.38. The Labute approximate surface area is 71.2 Å². The van der Waals surface area contributed by atoms with Gasteiger partial charge in [-0.05, 0) is 18.9 Å². The Kier molecular flexibility index (Phi) is 2.43. The molecule has 0 bridgehead atoms. The molecule has 3 nitrogen and oxygen atoms in total. The number of aryl methyl sites for hydroxylation is 1. The highest BCUT2D eigenvalue weighted by molar-refractivity contribution is 5.44. The Morgan fingerprint density at radius 3 is 2.58 bits per heavy atom. The van der Waals surface area contributed by atoms with Crippen molar-refractivity contribution in [1.29, 1.82) is 0 Å². The van der Waals surface area contributed by atoms with Gasteiger partial charge in [-0.3, -0.25) is 10.1 Å². The fourth-order valence-corrected chi connectivity index (χ4v) is 1.32. The smallest absolute Gasteiger partial charge is 0.258 e. The highest BCUT2D eigenvalue weighted by atomic mass is 16.6. The topological polar surface area (TPSA) is 43.1 Å². The zero-order chi connectivity index (χ0) is 9.14. The third-order valence-corrected chi connectivity index (χ3v) is 1.94. The molecule has 0 N–H and O–H groups in total. The summed E-state index contributed by atoms with van der Waals surface area (Å²) in [6, 6.07) is 5.16. The van der Waals surface area contributed by atoms with Crippen LogP contribution in [0.5, 0.6) is 0 Å². The van der Waals surface area contributed by atoms with E-state index in [1.807, 2.05) is 19.9 Å². The first kappa shape index (κ1) is 8.71. The van der Waals surface area contributed by atoms with Crippen molar-refractivity contribution in [3.8, 4) is 0 Å². The largest absolute Gasteiger partial charge is 0.272 e. The van der Waals surface area contributed by atoms with Gasteiger partial charge in [-0.1, -0.05) is 19.1 Å². The normalized spacial score (nSPS) is 9.83. The van der Waals surface area contributed by atoms with Crippen LogP contribution < -0.4 is 0 Å². The molecule has 0 saturated heterocycles. The summed E-state index contributed by atoms with van der Waals surface area (Å²) in [5, 5.41) is 10.5. The quantitative estimate of drug-likeness (QED) is 0.499. The lowest BCUT2D eigenvalue weighted by Gasteiger charge is -2.02. The molecule has 0 atom stereocenters. The van der Waals surface area contributed by atoms with Crippen LogP contribution in [0.3, 0.4) is 0 Å². The van der Waals surface area contributed by atoms with Gasteiger partial charge in [-0.15, -0.1) is 0 Å². The van der Waals surface area contributed by atoms with Crippen LogP contribution in [0.15, 0.2) is 18.2 Å². The maximum absolute atomic E-state index is 10.5. The number of nitro benzene ring substituents is 1. The number of hydrogen-bond donors (Lipinski definition) is 0. The van der Waals surface area contributed by atoms with Crippen LogP contribution in [0.2, 0.25) is 0 Å². The summed E-state index contributed by atoms with van der Waals surface area (Å²) in [7, 11) is 0. The first-order valence-corrected chi connectivity index (χ1v) is 3.89. The summed E-state index contributed by atoms with van der Waals surface area (Å²) in [5.41, 5.74) is 2.06. The van der Waals surface area contributed by atoms with E-state index in [1.54, 1.807) is 12.1 Å². The molecule has 1 rings (SSSR count). The van der Waals surface area contributed by atoms with E-state index in [-0.39, 0.29) is 10.6 Å². The lowest BCUT2D eigenvalue weighted by atomic mass is 10.0. The zero-order valence-electron chi connectivity index (χ0n) is 7.20. The Balaban J connectivity index is 3.27.